The van der Waals surface area contributed by atoms with Crippen molar-refractivity contribution in [2.75, 3.05) is 11.1 Å². The SMILES string of the molecule is C[C@@H]1C(=O)Nc2ccc(C(=O)CSc3nnc(-c4ccc(Cl)cc4)o3)cc21. The number of hydrogen-bond donors (Lipinski definition) is 1. The Bertz CT molecular complexity index is 1030. The molecule has 0 fully saturated rings. The molecule has 0 aliphatic carbocycles. The van der Waals surface area contributed by atoms with Crippen LogP contribution in [-0.2, 0) is 4.79 Å². The summed E-state index contributed by atoms with van der Waals surface area (Å²) in [6.45, 7) is 1.82. The average Bonchev–Trinajstić information content (AvgIpc) is 3.25. The van der Waals surface area contributed by atoms with E-state index in [-0.39, 0.29) is 23.4 Å². The Hall–Kier alpha value is -2.64. The molecule has 1 aliphatic heterocycles. The first kappa shape index (κ1) is 17.8. The Labute approximate surface area is 164 Å². The molecule has 2 heterocycles. The minimum absolute atomic E-state index is 0.0513. The summed E-state index contributed by atoms with van der Waals surface area (Å²) in [5.74, 6) is 0.164. The largest absolute Gasteiger partial charge is 0.411 e. The molecule has 1 atom stereocenters. The zero-order valence-corrected chi connectivity index (χ0v) is 15.8. The molecule has 2 aromatic carbocycles. The van der Waals surface area contributed by atoms with Gasteiger partial charge in [0, 0.05) is 21.8 Å². The van der Waals surface area contributed by atoms with E-state index in [2.05, 4.69) is 15.5 Å². The van der Waals surface area contributed by atoms with E-state index in [9.17, 15) is 9.59 Å². The second-order valence-electron chi connectivity index (χ2n) is 6.10. The summed E-state index contributed by atoms with van der Waals surface area (Å²) in [7, 11) is 0. The zero-order chi connectivity index (χ0) is 19.0. The summed E-state index contributed by atoms with van der Waals surface area (Å²) in [4.78, 5) is 24.2. The fraction of sp³-hybridized carbons (Fsp3) is 0.158. The number of fused-ring (bicyclic) bond motifs is 1. The zero-order valence-electron chi connectivity index (χ0n) is 14.2. The van der Waals surface area contributed by atoms with Crippen LogP contribution in [0.2, 0.25) is 5.02 Å². The van der Waals surface area contributed by atoms with Crippen LogP contribution in [0.5, 0.6) is 0 Å². The molecular formula is C19H14ClN3O3S. The number of thioether (sulfide) groups is 1. The van der Waals surface area contributed by atoms with Crippen molar-refractivity contribution in [3.05, 3.63) is 58.6 Å². The lowest BCUT2D eigenvalue weighted by Gasteiger charge is -2.04. The Morgan fingerprint density at radius 2 is 2.00 bits per heavy atom. The third-order valence-electron chi connectivity index (χ3n) is 4.32. The summed E-state index contributed by atoms with van der Waals surface area (Å²) in [6.07, 6.45) is 0. The number of hydrogen-bond acceptors (Lipinski definition) is 6. The molecule has 6 nitrogen and oxygen atoms in total. The number of carbonyl (C=O) groups excluding carboxylic acids is 2. The quantitative estimate of drug-likeness (QED) is 0.505. The maximum absolute atomic E-state index is 12.5. The first-order valence-electron chi connectivity index (χ1n) is 8.21. The summed E-state index contributed by atoms with van der Waals surface area (Å²) in [5.41, 5.74) is 2.93. The molecule has 1 aromatic heterocycles. The standard InChI is InChI=1S/C19H14ClN3O3S/c1-10-14-8-12(4-7-15(14)21-17(10)25)16(24)9-27-19-23-22-18(26-19)11-2-5-13(20)6-3-11/h2-8,10H,9H2,1H3,(H,21,25)/t10-/m0/s1. The van der Waals surface area contributed by atoms with Gasteiger partial charge < -0.3 is 9.73 Å². The number of nitrogens with zero attached hydrogens (tertiary/aromatic N) is 2. The van der Waals surface area contributed by atoms with Gasteiger partial charge >= 0.3 is 0 Å². The van der Waals surface area contributed by atoms with E-state index < -0.39 is 0 Å². The monoisotopic (exact) mass is 399 g/mol. The number of benzene rings is 2. The summed E-state index contributed by atoms with van der Waals surface area (Å²) < 4.78 is 5.59. The maximum atomic E-state index is 12.5. The second kappa shape index (κ2) is 7.17. The van der Waals surface area contributed by atoms with Crippen molar-refractivity contribution >= 4 is 40.7 Å². The predicted octanol–water partition coefficient (Wildman–Crippen LogP) is 4.42. The number of amides is 1. The molecule has 1 amide bonds. The lowest BCUT2D eigenvalue weighted by atomic mass is 9.99. The molecular weight excluding hydrogens is 386 g/mol. The van der Waals surface area contributed by atoms with Crippen LogP contribution in [0.25, 0.3) is 11.5 Å². The maximum Gasteiger partial charge on any atom is 0.277 e. The van der Waals surface area contributed by atoms with Gasteiger partial charge in [0.15, 0.2) is 5.78 Å². The van der Waals surface area contributed by atoms with E-state index in [4.69, 9.17) is 16.0 Å². The molecule has 1 aliphatic rings. The normalized spacial score (nSPS) is 15.5. The van der Waals surface area contributed by atoms with Crippen LogP contribution in [0.3, 0.4) is 0 Å². The minimum atomic E-state index is -0.252. The molecule has 0 radical (unpaired) electrons. The van der Waals surface area contributed by atoms with Crippen LogP contribution < -0.4 is 5.32 Å². The Morgan fingerprint density at radius 3 is 2.78 bits per heavy atom. The highest BCUT2D eigenvalue weighted by molar-refractivity contribution is 7.99. The molecule has 0 saturated heterocycles. The van der Waals surface area contributed by atoms with Crippen LogP contribution in [0.15, 0.2) is 52.1 Å². The van der Waals surface area contributed by atoms with Crippen molar-refractivity contribution in [3.8, 4) is 11.5 Å². The summed E-state index contributed by atoms with van der Waals surface area (Å²) >= 11 is 7.05. The number of rotatable bonds is 5. The third kappa shape index (κ3) is 3.61. The lowest BCUT2D eigenvalue weighted by Crippen LogP contribution is -2.08. The molecule has 8 heteroatoms. The second-order valence-corrected chi connectivity index (χ2v) is 7.47. The number of aromatic nitrogens is 2. The summed E-state index contributed by atoms with van der Waals surface area (Å²) in [5, 5.41) is 11.7. The van der Waals surface area contributed by atoms with Gasteiger partial charge in [-0.25, -0.2) is 0 Å². The van der Waals surface area contributed by atoms with E-state index in [1.54, 1.807) is 42.5 Å². The van der Waals surface area contributed by atoms with E-state index in [1.807, 2.05) is 6.92 Å². The summed E-state index contributed by atoms with van der Waals surface area (Å²) in [6, 6.07) is 12.3. The number of ketones is 1. The fourth-order valence-electron chi connectivity index (χ4n) is 2.78. The smallest absolute Gasteiger partial charge is 0.277 e. The average molecular weight is 400 g/mol. The topological polar surface area (TPSA) is 85.1 Å². The Balaban J connectivity index is 1.43. The van der Waals surface area contributed by atoms with E-state index in [1.165, 1.54) is 11.8 Å². The molecule has 27 heavy (non-hydrogen) atoms. The molecule has 1 N–H and O–H groups in total. The highest BCUT2D eigenvalue weighted by atomic mass is 35.5. The number of halogens is 1. The van der Waals surface area contributed by atoms with Crippen LogP contribution in [0.1, 0.15) is 28.8 Å². The molecule has 3 aromatic rings. The number of anilines is 1. The lowest BCUT2D eigenvalue weighted by molar-refractivity contribution is -0.116. The molecule has 4 rings (SSSR count). The van der Waals surface area contributed by atoms with Crippen molar-refractivity contribution in [3.63, 3.8) is 0 Å². The van der Waals surface area contributed by atoms with Gasteiger partial charge in [-0.1, -0.05) is 23.4 Å². The van der Waals surface area contributed by atoms with Gasteiger partial charge in [0.05, 0.1) is 11.7 Å². The van der Waals surface area contributed by atoms with Crippen LogP contribution >= 0.6 is 23.4 Å². The van der Waals surface area contributed by atoms with E-state index in [0.717, 1.165) is 16.8 Å². The molecule has 0 saturated carbocycles. The van der Waals surface area contributed by atoms with Crippen molar-refractivity contribution in [1.82, 2.24) is 10.2 Å². The van der Waals surface area contributed by atoms with Crippen molar-refractivity contribution in [2.45, 2.75) is 18.1 Å². The van der Waals surface area contributed by atoms with Gasteiger partial charge in [-0.15, -0.1) is 10.2 Å². The highest BCUT2D eigenvalue weighted by Gasteiger charge is 2.27. The Kier molecular flexibility index (Phi) is 4.72. The molecule has 0 spiro atoms. The fourth-order valence-corrected chi connectivity index (χ4v) is 3.56. The van der Waals surface area contributed by atoms with Crippen LogP contribution in [0, 0.1) is 0 Å². The number of Topliss-reactive ketones (excluding diaryl/α,β-unsaturated/α-hetero) is 1. The molecule has 0 bridgehead atoms. The molecule has 136 valence electrons. The van der Waals surface area contributed by atoms with Gasteiger partial charge in [-0.05, 0) is 55.0 Å². The third-order valence-corrected chi connectivity index (χ3v) is 5.39. The van der Waals surface area contributed by atoms with Gasteiger partial charge in [-0.3, -0.25) is 9.59 Å². The first-order valence-corrected chi connectivity index (χ1v) is 9.58. The number of carbonyl (C=O) groups is 2. The van der Waals surface area contributed by atoms with Crippen molar-refractivity contribution in [2.24, 2.45) is 0 Å². The number of nitrogens with one attached hydrogen (secondary N) is 1. The van der Waals surface area contributed by atoms with Gasteiger partial charge in [0.2, 0.25) is 11.8 Å². The first-order chi connectivity index (χ1) is 13.0. The van der Waals surface area contributed by atoms with Gasteiger partial charge in [-0.2, -0.15) is 0 Å². The van der Waals surface area contributed by atoms with Crippen LogP contribution in [-0.4, -0.2) is 27.6 Å². The van der Waals surface area contributed by atoms with Gasteiger partial charge in [0.25, 0.3) is 5.22 Å². The molecule has 0 unspecified atom stereocenters. The minimum Gasteiger partial charge on any atom is -0.411 e. The van der Waals surface area contributed by atoms with Crippen molar-refractivity contribution < 1.29 is 14.0 Å². The van der Waals surface area contributed by atoms with E-state index >= 15 is 0 Å². The highest BCUT2D eigenvalue weighted by Crippen LogP contribution is 2.33. The van der Waals surface area contributed by atoms with Crippen LogP contribution in [0.4, 0.5) is 5.69 Å². The predicted molar refractivity (Wildman–Crippen MR) is 103 cm³/mol. The van der Waals surface area contributed by atoms with Gasteiger partial charge in [0.1, 0.15) is 0 Å². The van der Waals surface area contributed by atoms with Crippen molar-refractivity contribution in [1.29, 1.82) is 0 Å². The Morgan fingerprint density at radius 1 is 1.22 bits per heavy atom. The van der Waals surface area contributed by atoms with E-state index in [0.29, 0.717) is 21.7 Å².